The van der Waals surface area contributed by atoms with Crippen LogP contribution in [0.1, 0.15) is 102 Å². The maximum absolute atomic E-state index is 14.2. The van der Waals surface area contributed by atoms with Crippen LogP contribution in [0.5, 0.6) is 0 Å². The van der Waals surface area contributed by atoms with Crippen molar-refractivity contribution in [3.05, 3.63) is 102 Å². The van der Waals surface area contributed by atoms with E-state index in [2.05, 4.69) is 47.4 Å². The van der Waals surface area contributed by atoms with Gasteiger partial charge in [-0.15, -0.1) is 18.3 Å². The minimum Gasteiger partial charge on any atom is -0.380 e. The van der Waals surface area contributed by atoms with Crippen LogP contribution in [-0.2, 0) is 24.7 Å². The lowest BCUT2D eigenvalue weighted by molar-refractivity contribution is -0.118. The molecule has 4 N–H and O–H groups in total. The van der Waals surface area contributed by atoms with E-state index in [1.54, 1.807) is 23.3 Å². The number of halogens is 3. The third kappa shape index (κ3) is 16.4. The first-order valence-corrected chi connectivity index (χ1v) is 27.3. The minimum atomic E-state index is -6.08. The lowest BCUT2D eigenvalue weighted by Crippen LogP contribution is -2.47. The zero-order valence-corrected chi connectivity index (χ0v) is 42.3. The number of nitrogens with two attached hydrogens (primary N) is 1. The van der Waals surface area contributed by atoms with Crippen molar-refractivity contribution >= 4 is 54.8 Å². The molecule has 3 aromatic carbocycles. The molecule has 0 aromatic heterocycles. The van der Waals surface area contributed by atoms with Gasteiger partial charge in [-0.05, 0) is 138 Å². The number of allylic oxidation sites excluding steroid dienone is 2. The highest BCUT2D eigenvalue weighted by molar-refractivity contribution is 7.99. The molecule has 1 saturated heterocycles. The summed E-state index contributed by atoms with van der Waals surface area (Å²) in [7, 11) is -9.02. The summed E-state index contributed by atoms with van der Waals surface area (Å²) >= 11 is 1.43. The van der Waals surface area contributed by atoms with Gasteiger partial charge in [-0.2, -0.15) is 13.2 Å². The first-order valence-electron chi connectivity index (χ1n) is 23.4. The number of nitrogens with zero attached hydrogens (tertiary/aromatic N) is 3. The standard InChI is InChI=1S/C50H69F3N6O6S3/c1-37(2)16-17-39-34-49(3,4)26-24-40(39)35-58-29-31-59(32-30-58)42-20-18-38(19-21-42)48(61)56-68(64,65)44-22-23-45(46(33-44)67(62,63)50(51,52)53)55-41(36-66-43-13-9-8-10-14-43)25-28-57(5)27-12-7-6-11-15-47(54)60/h8-10,13-14,18-23,33,41,55H,1,6-7,11-12,15-17,24-32,34-36H2,2-5H3,(H2,54,60)(H,56,61)/t41-/m1/s1. The maximum atomic E-state index is 14.2. The van der Waals surface area contributed by atoms with Crippen LogP contribution in [0.25, 0.3) is 0 Å². The first-order chi connectivity index (χ1) is 32.0. The second-order valence-electron chi connectivity index (χ2n) is 19.0. The van der Waals surface area contributed by atoms with Crippen molar-refractivity contribution in [2.45, 2.75) is 118 Å². The lowest BCUT2D eigenvalue weighted by atomic mass is 9.73. The lowest BCUT2D eigenvalue weighted by Gasteiger charge is -2.39. The number of unbranched alkanes of at least 4 members (excludes halogenated alkanes) is 3. The Bertz CT molecular complexity index is 2440. The van der Waals surface area contributed by atoms with Gasteiger partial charge in [-0.1, -0.05) is 61.6 Å². The zero-order valence-electron chi connectivity index (χ0n) is 39.9. The Balaban J connectivity index is 1.25. The van der Waals surface area contributed by atoms with Gasteiger partial charge in [0.25, 0.3) is 25.8 Å². The Kier molecular flexibility index (Phi) is 19.6. The molecule has 2 aliphatic rings. The molecule has 374 valence electrons. The predicted octanol–water partition coefficient (Wildman–Crippen LogP) is 9.41. The highest BCUT2D eigenvalue weighted by atomic mass is 32.2. The van der Waals surface area contributed by atoms with Gasteiger partial charge in [-0.25, -0.2) is 21.6 Å². The van der Waals surface area contributed by atoms with Crippen molar-refractivity contribution < 1.29 is 39.6 Å². The molecule has 0 spiro atoms. The molecular formula is C50H69F3N6O6S3. The van der Waals surface area contributed by atoms with Crippen LogP contribution in [0.2, 0.25) is 0 Å². The van der Waals surface area contributed by atoms with Gasteiger partial charge in [0.1, 0.15) is 4.90 Å². The average molecular weight is 1000 g/mol. The smallest absolute Gasteiger partial charge is 0.380 e. The van der Waals surface area contributed by atoms with Gasteiger partial charge < -0.3 is 20.9 Å². The Morgan fingerprint density at radius 1 is 0.897 bits per heavy atom. The van der Waals surface area contributed by atoms with Crippen molar-refractivity contribution in [1.29, 1.82) is 0 Å². The van der Waals surface area contributed by atoms with Gasteiger partial charge in [0, 0.05) is 67.1 Å². The molecule has 0 saturated carbocycles. The molecule has 1 atom stereocenters. The monoisotopic (exact) mass is 1000 g/mol. The summed E-state index contributed by atoms with van der Waals surface area (Å²) in [5.74, 6) is -1.02. The zero-order chi connectivity index (χ0) is 49.7. The van der Waals surface area contributed by atoms with Crippen LogP contribution < -0.4 is 20.7 Å². The number of carbonyl (C=O) groups is 2. The van der Waals surface area contributed by atoms with E-state index >= 15 is 0 Å². The van der Waals surface area contributed by atoms with E-state index < -0.39 is 52.8 Å². The number of sulfonamides is 1. The molecule has 12 nitrogen and oxygen atoms in total. The summed E-state index contributed by atoms with van der Waals surface area (Å²) in [6.07, 6.45) is 9.48. The van der Waals surface area contributed by atoms with Crippen molar-refractivity contribution in [2.75, 3.05) is 68.8 Å². The molecule has 18 heteroatoms. The van der Waals surface area contributed by atoms with E-state index in [1.807, 2.05) is 42.1 Å². The number of hydrogen-bond acceptors (Lipinski definition) is 11. The van der Waals surface area contributed by atoms with E-state index in [9.17, 15) is 39.6 Å². The van der Waals surface area contributed by atoms with Gasteiger partial charge in [0.2, 0.25) is 5.91 Å². The molecule has 5 rings (SSSR count). The van der Waals surface area contributed by atoms with Gasteiger partial charge in [-0.3, -0.25) is 14.5 Å². The Morgan fingerprint density at radius 3 is 2.22 bits per heavy atom. The number of hydrogen-bond donors (Lipinski definition) is 3. The molecule has 1 heterocycles. The Morgan fingerprint density at radius 2 is 1.57 bits per heavy atom. The fraction of sp³-hybridized carbons (Fsp3) is 0.520. The summed E-state index contributed by atoms with van der Waals surface area (Å²) < 4.78 is 98.1. The summed E-state index contributed by atoms with van der Waals surface area (Å²) in [4.78, 5) is 29.9. The topological polar surface area (TPSA) is 162 Å². The van der Waals surface area contributed by atoms with Crippen LogP contribution in [0.4, 0.5) is 24.5 Å². The van der Waals surface area contributed by atoms with E-state index in [4.69, 9.17) is 5.73 Å². The molecule has 3 aromatic rings. The number of nitrogens with one attached hydrogen (secondary N) is 2. The predicted molar refractivity (Wildman–Crippen MR) is 267 cm³/mol. The van der Waals surface area contributed by atoms with Crippen LogP contribution in [0.15, 0.2) is 111 Å². The van der Waals surface area contributed by atoms with Crippen LogP contribution in [0.3, 0.4) is 0 Å². The number of alkyl halides is 3. The summed E-state index contributed by atoms with van der Waals surface area (Å²) in [6, 6.07) is 17.6. The molecule has 0 bridgehead atoms. The minimum absolute atomic E-state index is 0.00126. The highest BCUT2D eigenvalue weighted by Gasteiger charge is 2.48. The van der Waals surface area contributed by atoms with E-state index in [1.165, 1.54) is 35.9 Å². The number of primary amides is 1. The number of thioether (sulfide) groups is 1. The molecule has 0 radical (unpaired) electrons. The number of carbonyl (C=O) groups excluding carboxylic acids is 2. The number of sulfone groups is 1. The van der Waals surface area contributed by atoms with Crippen molar-refractivity contribution in [3.63, 3.8) is 0 Å². The number of benzene rings is 3. The van der Waals surface area contributed by atoms with Gasteiger partial charge >= 0.3 is 5.51 Å². The summed E-state index contributed by atoms with van der Waals surface area (Å²) in [6.45, 7) is 16.3. The number of amides is 2. The largest absolute Gasteiger partial charge is 0.501 e. The van der Waals surface area contributed by atoms with Crippen molar-refractivity contribution in [3.8, 4) is 0 Å². The van der Waals surface area contributed by atoms with E-state index in [0.29, 0.717) is 43.0 Å². The summed E-state index contributed by atoms with van der Waals surface area (Å²) in [5, 5.41) is 2.99. The molecule has 0 unspecified atom stereocenters. The quantitative estimate of drug-likeness (QED) is 0.0421. The van der Waals surface area contributed by atoms with Gasteiger partial charge in [0.15, 0.2) is 0 Å². The fourth-order valence-electron chi connectivity index (χ4n) is 8.56. The number of piperazine rings is 1. The van der Waals surface area contributed by atoms with Crippen molar-refractivity contribution in [1.82, 2.24) is 14.5 Å². The van der Waals surface area contributed by atoms with Crippen molar-refractivity contribution in [2.24, 2.45) is 11.1 Å². The average Bonchev–Trinajstić information content (AvgIpc) is 3.28. The third-order valence-electron chi connectivity index (χ3n) is 12.6. The van der Waals surface area contributed by atoms with Crippen LogP contribution >= 0.6 is 11.8 Å². The summed E-state index contributed by atoms with van der Waals surface area (Å²) in [5.41, 5.74) is 4.52. The van der Waals surface area contributed by atoms with Gasteiger partial charge in [0.05, 0.1) is 10.6 Å². The van der Waals surface area contributed by atoms with E-state index in [0.717, 1.165) is 107 Å². The Hall–Kier alpha value is -4.36. The Labute approximate surface area is 406 Å². The normalized spacial score (nSPS) is 16.4. The second-order valence-corrected chi connectivity index (χ2v) is 23.7. The fourth-order valence-corrected chi connectivity index (χ4v) is 11.6. The molecule has 1 fully saturated rings. The van der Waals surface area contributed by atoms with Crippen LogP contribution in [-0.4, -0.2) is 109 Å². The third-order valence-corrected chi connectivity index (χ3v) is 16.7. The molecular weight excluding hydrogens is 934 g/mol. The molecule has 1 aliphatic carbocycles. The first kappa shape index (κ1) is 54.6. The second kappa shape index (κ2) is 24.5. The highest BCUT2D eigenvalue weighted by Crippen LogP contribution is 2.41. The van der Waals surface area contributed by atoms with E-state index in [-0.39, 0.29) is 11.5 Å². The SMILES string of the molecule is C=C(C)CCC1=C(CN2CCN(c3ccc(C(=O)NS(=O)(=O)c4ccc(N[C@H](CCN(C)CCCCCCC(N)=O)CSc5ccccc5)c(S(=O)(=O)C(F)(F)F)c4)cc3)CC2)CCC(C)(C)C1. The number of anilines is 2. The number of rotatable bonds is 25. The molecule has 1 aliphatic heterocycles. The molecule has 68 heavy (non-hydrogen) atoms. The maximum Gasteiger partial charge on any atom is 0.501 e. The molecule has 2 amide bonds. The van der Waals surface area contributed by atoms with Crippen LogP contribution in [0, 0.1) is 5.41 Å².